The molecule has 2 aromatic rings. The summed E-state index contributed by atoms with van der Waals surface area (Å²) in [5, 5.41) is 0.303. The average Bonchev–Trinajstić information content (AvgIpc) is 2.55. The number of nitrogens with zero attached hydrogens (tertiary/aromatic N) is 1. The van der Waals surface area contributed by atoms with Gasteiger partial charge < -0.3 is 15.4 Å². The maximum atomic E-state index is 13.2. The Labute approximate surface area is 158 Å². The highest BCUT2D eigenvalue weighted by Crippen LogP contribution is 2.19. The fourth-order valence-corrected chi connectivity index (χ4v) is 2.50. The van der Waals surface area contributed by atoms with E-state index in [1.165, 1.54) is 12.1 Å². The molecule has 0 fully saturated rings. The van der Waals surface area contributed by atoms with E-state index in [1.54, 1.807) is 30.2 Å². The molecule has 2 rings (SSSR count). The molecule has 2 aromatic carbocycles. The number of nitrogens with two attached hydrogens (primary N) is 1. The molecule has 7 heteroatoms. The predicted molar refractivity (Wildman–Crippen MR) is 101 cm³/mol. The standard InChI is InChI=1S/C18H20ClFN2O2.ClH/c1-24-9-8-22(12-14-4-5-15(20)11-17(14)19)18(23)10-13-2-6-16(21)7-3-13;/h2-7,11H,8-10,12,21H2,1H3;1H. The van der Waals surface area contributed by atoms with Crippen LogP contribution in [-0.2, 0) is 22.5 Å². The third kappa shape index (κ3) is 6.53. The first-order valence-electron chi connectivity index (χ1n) is 7.54. The summed E-state index contributed by atoms with van der Waals surface area (Å²) >= 11 is 6.07. The SMILES string of the molecule is COCCN(Cc1ccc(F)cc1Cl)C(=O)Cc1ccc(N)cc1.Cl. The molecule has 0 aliphatic rings. The lowest BCUT2D eigenvalue weighted by atomic mass is 10.1. The number of benzene rings is 2. The molecule has 4 nitrogen and oxygen atoms in total. The summed E-state index contributed by atoms with van der Waals surface area (Å²) in [6.45, 7) is 1.14. The number of nitrogen functional groups attached to an aromatic ring is 1. The Balaban J connectivity index is 0.00000312. The molecule has 2 N–H and O–H groups in total. The van der Waals surface area contributed by atoms with Gasteiger partial charge >= 0.3 is 0 Å². The minimum Gasteiger partial charge on any atom is -0.399 e. The van der Waals surface area contributed by atoms with Gasteiger partial charge in [0.2, 0.25) is 5.91 Å². The van der Waals surface area contributed by atoms with E-state index in [4.69, 9.17) is 22.1 Å². The van der Waals surface area contributed by atoms with Crippen molar-refractivity contribution >= 4 is 35.6 Å². The number of hydrogen-bond donors (Lipinski definition) is 1. The van der Waals surface area contributed by atoms with E-state index in [9.17, 15) is 9.18 Å². The molecule has 0 aliphatic heterocycles. The molecule has 0 spiro atoms. The van der Waals surface area contributed by atoms with Gasteiger partial charge in [0.1, 0.15) is 5.82 Å². The highest BCUT2D eigenvalue weighted by atomic mass is 35.5. The van der Waals surface area contributed by atoms with Gasteiger partial charge in [-0.15, -0.1) is 12.4 Å². The largest absolute Gasteiger partial charge is 0.399 e. The molecule has 0 radical (unpaired) electrons. The number of rotatable bonds is 7. The van der Waals surface area contributed by atoms with E-state index >= 15 is 0 Å². The fourth-order valence-electron chi connectivity index (χ4n) is 2.27. The summed E-state index contributed by atoms with van der Waals surface area (Å²) in [6, 6.07) is 11.3. The highest BCUT2D eigenvalue weighted by molar-refractivity contribution is 6.31. The molecule has 25 heavy (non-hydrogen) atoms. The van der Waals surface area contributed by atoms with Gasteiger partial charge in [-0.2, -0.15) is 0 Å². The lowest BCUT2D eigenvalue weighted by Gasteiger charge is -2.23. The smallest absolute Gasteiger partial charge is 0.227 e. The van der Waals surface area contributed by atoms with E-state index in [1.807, 2.05) is 12.1 Å². The van der Waals surface area contributed by atoms with Crippen LogP contribution >= 0.6 is 24.0 Å². The third-order valence-corrected chi connectivity index (χ3v) is 3.98. The number of carbonyl (C=O) groups is 1. The predicted octanol–water partition coefficient (Wildman–Crippen LogP) is 3.70. The maximum absolute atomic E-state index is 13.2. The first-order valence-corrected chi connectivity index (χ1v) is 7.92. The highest BCUT2D eigenvalue weighted by Gasteiger charge is 2.16. The van der Waals surface area contributed by atoms with Crippen LogP contribution in [0.25, 0.3) is 0 Å². The van der Waals surface area contributed by atoms with Crippen LogP contribution < -0.4 is 5.73 Å². The summed E-state index contributed by atoms with van der Waals surface area (Å²) in [4.78, 5) is 14.3. The number of methoxy groups -OCH3 is 1. The fraction of sp³-hybridized carbons (Fsp3) is 0.278. The third-order valence-electron chi connectivity index (χ3n) is 3.63. The van der Waals surface area contributed by atoms with E-state index in [2.05, 4.69) is 0 Å². The Morgan fingerprint density at radius 2 is 1.92 bits per heavy atom. The second kappa shape index (κ2) is 10.2. The van der Waals surface area contributed by atoms with Crippen LogP contribution in [0.3, 0.4) is 0 Å². The van der Waals surface area contributed by atoms with Gasteiger partial charge in [-0.3, -0.25) is 4.79 Å². The number of carbonyl (C=O) groups excluding carboxylic acids is 1. The summed E-state index contributed by atoms with van der Waals surface area (Å²) < 4.78 is 18.2. The van der Waals surface area contributed by atoms with E-state index < -0.39 is 5.82 Å². The lowest BCUT2D eigenvalue weighted by Crippen LogP contribution is -2.34. The molecule has 0 saturated heterocycles. The molecule has 1 amide bonds. The molecule has 0 unspecified atom stereocenters. The van der Waals surface area contributed by atoms with E-state index in [0.29, 0.717) is 36.0 Å². The van der Waals surface area contributed by atoms with Gasteiger partial charge in [0.15, 0.2) is 0 Å². The van der Waals surface area contributed by atoms with E-state index in [-0.39, 0.29) is 24.7 Å². The number of halogens is 3. The Morgan fingerprint density at radius 1 is 1.24 bits per heavy atom. The zero-order valence-corrected chi connectivity index (χ0v) is 15.4. The minimum absolute atomic E-state index is 0. The summed E-state index contributed by atoms with van der Waals surface area (Å²) in [5.41, 5.74) is 7.88. The van der Waals surface area contributed by atoms with Crippen LogP contribution in [0.1, 0.15) is 11.1 Å². The molecule has 0 aliphatic carbocycles. The molecule has 0 saturated carbocycles. The number of hydrogen-bond acceptors (Lipinski definition) is 3. The quantitative estimate of drug-likeness (QED) is 0.738. The molecule has 136 valence electrons. The van der Waals surface area contributed by atoms with Crippen LogP contribution in [0, 0.1) is 5.82 Å². The van der Waals surface area contributed by atoms with Crippen LogP contribution in [0.15, 0.2) is 42.5 Å². The van der Waals surface area contributed by atoms with Gasteiger partial charge in [0.05, 0.1) is 13.0 Å². The maximum Gasteiger partial charge on any atom is 0.227 e. The van der Waals surface area contributed by atoms with Crippen molar-refractivity contribution in [3.05, 3.63) is 64.4 Å². The molecule has 0 heterocycles. The number of anilines is 1. The summed E-state index contributed by atoms with van der Waals surface area (Å²) in [5.74, 6) is -0.461. The number of amides is 1. The van der Waals surface area contributed by atoms with Gasteiger partial charge in [-0.25, -0.2) is 4.39 Å². The first kappa shape index (κ1) is 21.2. The minimum atomic E-state index is -0.402. The van der Waals surface area contributed by atoms with Crippen molar-refractivity contribution in [3.8, 4) is 0 Å². The van der Waals surface area contributed by atoms with Crippen LogP contribution in [-0.4, -0.2) is 31.1 Å². The van der Waals surface area contributed by atoms with Gasteiger partial charge in [0.25, 0.3) is 0 Å². The van der Waals surface area contributed by atoms with Crippen molar-refractivity contribution in [2.75, 3.05) is 26.0 Å². The normalized spacial score (nSPS) is 10.2. The molecule has 0 aromatic heterocycles. The molecule has 0 atom stereocenters. The zero-order valence-electron chi connectivity index (χ0n) is 13.9. The van der Waals surface area contributed by atoms with Crippen molar-refractivity contribution in [2.24, 2.45) is 0 Å². The topological polar surface area (TPSA) is 55.6 Å². The molecule has 0 bridgehead atoms. The van der Waals surface area contributed by atoms with Crippen molar-refractivity contribution in [3.63, 3.8) is 0 Å². The number of ether oxygens (including phenoxy) is 1. The second-order valence-electron chi connectivity index (χ2n) is 5.46. The Hall–Kier alpha value is -1.82. The first-order chi connectivity index (χ1) is 11.5. The lowest BCUT2D eigenvalue weighted by molar-refractivity contribution is -0.131. The molecular formula is C18H21Cl2FN2O2. The average molecular weight is 387 g/mol. The van der Waals surface area contributed by atoms with Crippen LogP contribution in [0.2, 0.25) is 5.02 Å². The van der Waals surface area contributed by atoms with Crippen molar-refractivity contribution in [1.29, 1.82) is 0 Å². The summed E-state index contributed by atoms with van der Waals surface area (Å²) in [6.07, 6.45) is 0.253. The van der Waals surface area contributed by atoms with Crippen molar-refractivity contribution in [2.45, 2.75) is 13.0 Å². The monoisotopic (exact) mass is 386 g/mol. The van der Waals surface area contributed by atoms with Gasteiger partial charge in [0, 0.05) is 30.9 Å². The van der Waals surface area contributed by atoms with Crippen molar-refractivity contribution in [1.82, 2.24) is 4.90 Å². The summed E-state index contributed by atoms with van der Waals surface area (Å²) in [7, 11) is 1.58. The van der Waals surface area contributed by atoms with Crippen molar-refractivity contribution < 1.29 is 13.9 Å². The van der Waals surface area contributed by atoms with Gasteiger partial charge in [-0.1, -0.05) is 29.8 Å². The Bertz CT molecular complexity index is 696. The van der Waals surface area contributed by atoms with Crippen LogP contribution in [0.4, 0.5) is 10.1 Å². The van der Waals surface area contributed by atoms with Crippen LogP contribution in [0.5, 0.6) is 0 Å². The zero-order chi connectivity index (χ0) is 17.5. The second-order valence-corrected chi connectivity index (χ2v) is 5.87. The van der Waals surface area contributed by atoms with Gasteiger partial charge in [-0.05, 0) is 35.4 Å². The Kier molecular flexibility index (Phi) is 8.69. The molecular weight excluding hydrogens is 366 g/mol. The van der Waals surface area contributed by atoms with E-state index in [0.717, 1.165) is 5.56 Å². The Morgan fingerprint density at radius 3 is 2.52 bits per heavy atom.